The lowest BCUT2D eigenvalue weighted by Crippen LogP contribution is -2.39. The summed E-state index contributed by atoms with van der Waals surface area (Å²) in [5.74, 6) is -1.74. The number of carbonyl (C=O) groups is 2. The predicted molar refractivity (Wildman–Crippen MR) is 35.9 cm³/mol. The zero-order valence-corrected chi connectivity index (χ0v) is 6.46. The summed E-state index contributed by atoms with van der Waals surface area (Å²) in [5.41, 5.74) is -1.31. The Balaban J connectivity index is 2.87. The number of hydrogen-bond donors (Lipinski definition) is 1. The fourth-order valence-corrected chi connectivity index (χ4v) is 1.08. The third-order valence-electron chi connectivity index (χ3n) is 2.16. The van der Waals surface area contributed by atoms with E-state index in [0.29, 0.717) is 0 Å². The third-order valence-corrected chi connectivity index (χ3v) is 2.16. The fourth-order valence-electron chi connectivity index (χ4n) is 1.08. The van der Waals surface area contributed by atoms with E-state index in [0.717, 1.165) is 0 Å². The van der Waals surface area contributed by atoms with Crippen molar-refractivity contribution >= 4 is 11.9 Å². The van der Waals surface area contributed by atoms with Crippen LogP contribution in [0.2, 0.25) is 0 Å². The first-order valence-corrected chi connectivity index (χ1v) is 3.42. The Morgan fingerprint density at radius 1 is 1.82 bits per heavy atom. The minimum Gasteiger partial charge on any atom is -0.478 e. The van der Waals surface area contributed by atoms with Gasteiger partial charge in [-0.3, -0.25) is 4.79 Å². The van der Waals surface area contributed by atoms with E-state index < -0.39 is 17.5 Å². The summed E-state index contributed by atoms with van der Waals surface area (Å²) >= 11 is 0. The highest BCUT2D eigenvalue weighted by molar-refractivity contribution is 5.85. The maximum absolute atomic E-state index is 10.7. The molecule has 1 fully saturated rings. The van der Waals surface area contributed by atoms with Crippen LogP contribution in [0.5, 0.6) is 0 Å². The Morgan fingerprint density at radius 2 is 2.36 bits per heavy atom. The number of hydrogen-bond acceptors (Lipinski definition) is 3. The van der Waals surface area contributed by atoms with Crippen molar-refractivity contribution in [3.63, 3.8) is 0 Å². The fraction of sp³-hybridized carbons (Fsp3) is 0.714. The van der Waals surface area contributed by atoms with E-state index >= 15 is 0 Å². The van der Waals surface area contributed by atoms with Gasteiger partial charge >= 0.3 is 11.9 Å². The second-order valence-electron chi connectivity index (χ2n) is 2.99. The van der Waals surface area contributed by atoms with Crippen molar-refractivity contribution in [2.45, 2.75) is 25.9 Å². The number of aliphatic carboxylic acids is 1. The number of rotatable bonds is 1. The van der Waals surface area contributed by atoms with Crippen LogP contribution in [-0.2, 0) is 14.3 Å². The summed E-state index contributed by atoms with van der Waals surface area (Å²) in [6.45, 7) is 3.12. The molecule has 11 heavy (non-hydrogen) atoms. The van der Waals surface area contributed by atoms with Gasteiger partial charge in [0.15, 0.2) is 0 Å². The van der Waals surface area contributed by atoms with E-state index in [2.05, 4.69) is 4.74 Å². The van der Waals surface area contributed by atoms with E-state index in [1.165, 1.54) is 6.92 Å². The van der Waals surface area contributed by atoms with Crippen LogP contribution in [-0.4, -0.2) is 22.6 Å². The highest BCUT2D eigenvalue weighted by atomic mass is 16.6. The maximum Gasteiger partial charge on any atom is 0.348 e. The van der Waals surface area contributed by atoms with Gasteiger partial charge in [-0.25, -0.2) is 4.79 Å². The van der Waals surface area contributed by atoms with Crippen LogP contribution in [0.25, 0.3) is 0 Å². The molecule has 1 aliphatic rings. The molecule has 0 spiro atoms. The molecule has 0 aromatic rings. The molecule has 0 aromatic carbocycles. The van der Waals surface area contributed by atoms with Crippen LogP contribution in [0, 0.1) is 5.92 Å². The minimum absolute atomic E-state index is 0.197. The first-order valence-electron chi connectivity index (χ1n) is 3.42. The molecule has 0 bridgehead atoms. The number of carboxylic acids is 1. The van der Waals surface area contributed by atoms with Crippen molar-refractivity contribution in [1.82, 2.24) is 0 Å². The summed E-state index contributed by atoms with van der Waals surface area (Å²) in [7, 11) is 0. The van der Waals surface area contributed by atoms with Gasteiger partial charge in [-0.1, -0.05) is 6.92 Å². The van der Waals surface area contributed by atoms with E-state index in [1.807, 2.05) is 0 Å². The van der Waals surface area contributed by atoms with Crippen LogP contribution < -0.4 is 0 Å². The van der Waals surface area contributed by atoms with Gasteiger partial charge in [-0.2, -0.15) is 0 Å². The van der Waals surface area contributed by atoms with Gasteiger partial charge in [0.1, 0.15) is 0 Å². The summed E-state index contributed by atoms with van der Waals surface area (Å²) in [6, 6.07) is 0. The third kappa shape index (κ3) is 1.08. The molecule has 1 saturated heterocycles. The topological polar surface area (TPSA) is 63.6 Å². The normalized spacial score (nSPS) is 36.9. The molecule has 0 amide bonds. The monoisotopic (exact) mass is 158 g/mol. The lowest BCUT2D eigenvalue weighted by Gasteiger charge is -2.21. The molecule has 62 valence electrons. The molecule has 0 aliphatic carbocycles. The van der Waals surface area contributed by atoms with Gasteiger partial charge < -0.3 is 9.84 Å². The van der Waals surface area contributed by atoms with Gasteiger partial charge in [0, 0.05) is 5.92 Å². The van der Waals surface area contributed by atoms with E-state index in [1.54, 1.807) is 6.92 Å². The molecular weight excluding hydrogens is 148 g/mol. The second-order valence-corrected chi connectivity index (χ2v) is 2.99. The van der Waals surface area contributed by atoms with E-state index in [9.17, 15) is 9.59 Å². The van der Waals surface area contributed by atoms with Gasteiger partial charge in [0.05, 0.1) is 6.42 Å². The zero-order valence-electron chi connectivity index (χ0n) is 6.46. The number of cyclic esters (lactones) is 1. The smallest absolute Gasteiger partial charge is 0.348 e. The van der Waals surface area contributed by atoms with E-state index in [4.69, 9.17) is 5.11 Å². The van der Waals surface area contributed by atoms with Gasteiger partial charge in [-0.05, 0) is 6.92 Å². The highest BCUT2D eigenvalue weighted by Gasteiger charge is 2.49. The molecule has 1 heterocycles. The number of ether oxygens (including phenoxy) is 1. The minimum atomic E-state index is -1.31. The van der Waals surface area contributed by atoms with Crippen molar-refractivity contribution < 1.29 is 19.4 Å². The van der Waals surface area contributed by atoms with Gasteiger partial charge in [-0.15, -0.1) is 0 Å². The van der Waals surface area contributed by atoms with Crippen LogP contribution in [0.1, 0.15) is 20.3 Å². The molecular formula is C7H10O4. The van der Waals surface area contributed by atoms with Crippen LogP contribution in [0.3, 0.4) is 0 Å². The summed E-state index contributed by atoms with van der Waals surface area (Å²) in [5, 5.41) is 8.68. The Hall–Kier alpha value is -1.06. The lowest BCUT2D eigenvalue weighted by molar-refractivity contribution is -0.169. The zero-order chi connectivity index (χ0) is 8.65. The van der Waals surface area contributed by atoms with Crippen molar-refractivity contribution in [3.05, 3.63) is 0 Å². The van der Waals surface area contributed by atoms with Crippen LogP contribution in [0.4, 0.5) is 0 Å². The quantitative estimate of drug-likeness (QED) is 0.561. The molecule has 1 rings (SSSR count). The van der Waals surface area contributed by atoms with Crippen LogP contribution >= 0.6 is 0 Å². The summed E-state index contributed by atoms with van der Waals surface area (Å²) < 4.78 is 4.68. The van der Waals surface area contributed by atoms with Crippen molar-refractivity contribution in [3.8, 4) is 0 Å². The number of esters is 1. The number of carbonyl (C=O) groups excluding carboxylic acids is 1. The molecule has 4 nitrogen and oxygen atoms in total. The molecule has 0 saturated carbocycles. The molecule has 0 aromatic heterocycles. The van der Waals surface area contributed by atoms with Crippen molar-refractivity contribution in [2.24, 2.45) is 5.92 Å². The predicted octanol–water partition coefficient (Wildman–Crippen LogP) is 0.413. The average Bonchev–Trinajstić information content (AvgIpc) is 2.08. The Labute approximate surface area is 64.2 Å². The Kier molecular flexibility index (Phi) is 1.62. The summed E-state index contributed by atoms with van der Waals surface area (Å²) in [6.07, 6.45) is 0.197. The molecule has 1 aliphatic heterocycles. The Bertz CT molecular complexity index is 210. The van der Waals surface area contributed by atoms with Crippen LogP contribution in [0.15, 0.2) is 0 Å². The SMILES string of the molecule is C[C@H]1CC(=O)O[C@]1(C)C(=O)O. The maximum atomic E-state index is 10.7. The second kappa shape index (κ2) is 2.22. The summed E-state index contributed by atoms with van der Waals surface area (Å²) in [4.78, 5) is 21.3. The molecule has 0 unspecified atom stereocenters. The van der Waals surface area contributed by atoms with Crippen molar-refractivity contribution in [2.75, 3.05) is 0 Å². The first kappa shape index (κ1) is 8.04. The molecule has 4 heteroatoms. The molecule has 1 N–H and O–H groups in total. The van der Waals surface area contributed by atoms with Gasteiger partial charge in [0.25, 0.3) is 0 Å². The standard InChI is InChI=1S/C7H10O4/c1-4-3-5(8)11-7(4,2)6(9)10/h4H,3H2,1-2H3,(H,9,10)/t4-,7-/m0/s1. The molecule has 0 radical (unpaired) electrons. The molecule has 2 atom stereocenters. The largest absolute Gasteiger partial charge is 0.478 e. The van der Waals surface area contributed by atoms with Crippen molar-refractivity contribution in [1.29, 1.82) is 0 Å². The highest BCUT2D eigenvalue weighted by Crippen LogP contribution is 2.32. The first-order chi connectivity index (χ1) is 4.97. The van der Waals surface area contributed by atoms with Gasteiger partial charge in [0.2, 0.25) is 5.60 Å². The average molecular weight is 158 g/mol. The Morgan fingerprint density at radius 3 is 2.55 bits per heavy atom. The number of carboxylic acid groups (broad SMARTS) is 1. The lowest BCUT2D eigenvalue weighted by atomic mass is 9.91. The van der Waals surface area contributed by atoms with E-state index in [-0.39, 0.29) is 12.3 Å².